The molecule has 0 aromatic heterocycles. The van der Waals surface area contributed by atoms with E-state index in [0.717, 1.165) is 5.75 Å². The molecule has 1 rings (SSSR count). The lowest BCUT2D eigenvalue weighted by molar-refractivity contribution is -0.143. The Balaban J connectivity index is 2.88. The SMILES string of the molecule is CCC(C)C(NC(=O)C1CCCN1C(=O)C(N)CCSC)C(=O)NC(CS)C(=O)O. The van der Waals surface area contributed by atoms with Crippen molar-refractivity contribution in [2.75, 3.05) is 24.3 Å². The molecule has 172 valence electrons. The maximum Gasteiger partial charge on any atom is 0.327 e. The summed E-state index contributed by atoms with van der Waals surface area (Å²) in [4.78, 5) is 51.0. The minimum absolute atomic E-state index is 0.0684. The molecule has 30 heavy (non-hydrogen) atoms. The Morgan fingerprint density at radius 2 is 1.97 bits per heavy atom. The summed E-state index contributed by atoms with van der Waals surface area (Å²) in [6, 6.07) is -3.40. The van der Waals surface area contributed by atoms with E-state index >= 15 is 0 Å². The highest BCUT2D eigenvalue weighted by atomic mass is 32.2. The molecule has 0 aliphatic carbocycles. The summed E-state index contributed by atoms with van der Waals surface area (Å²) in [7, 11) is 0. The smallest absolute Gasteiger partial charge is 0.327 e. The lowest BCUT2D eigenvalue weighted by Crippen LogP contribution is -2.58. The molecule has 0 spiro atoms. The first-order valence-electron chi connectivity index (χ1n) is 10.2. The van der Waals surface area contributed by atoms with Crippen molar-refractivity contribution < 1.29 is 24.3 Å². The van der Waals surface area contributed by atoms with Crippen molar-refractivity contribution in [3.63, 3.8) is 0 Å². The number of aliphatic carboxylic acids is 1. The highest BCUT2D eigenvalue weighted by Gasteiger charge is 2.38. The first-order valence-corrected chi connectivity index (χ1v) is 12.2. The molecular formula is C19H34N4O5S2. The van der Waals surface area contributed by atoms with Crippen molar-refractivity contribution in [2.45, 2.75) is 63.7 Å². The average Bonchev–Trinajstić information content (AvgIpc) is 3.22. The molecule has 1 fully saturated rings. The first kappa shape index (κ1) is 26.6. The van der Waals surface area contributed by atoms with Crippen LogP contribution in [0.3, 0.4) is 0 Å². The van der Waals surface area contributed by atoms with Crippen LogP contribution in [0.2, 0.25) is 0 Å². The number of carboxylic acids is 1. The zero-order chi connectivity index (χ0) is 22.8. The van der Waals surface area contributed by atoms with E-state index in [1.54, 1.807) is 18.7 Å². The molecule has 0 bridgehead atoms. The van der Waals surface area contributed by atoms with Gasteiger partial charge in [0.2, 0.25) is 17.7 Å². The molecule has 1 aliphatic heterocycles. The number of likely N-dealkylation sites (tertiary alicyclic amines) is 1. The van der Waals surface area contributed by atoms with Gasteiger partial charge in [-0.15, -0.1) is 0 Å². The molecule has 1 aliphatic rings. The van der Waals surface area contributed by atoms with Crippen LogP contribution in [0.25, 0.3) is 0 Å². The molecule has 3 amide bonds. The number of carbonyl (C=O) groups excluding carboxylic acids is 3. The third-order valence-corrected chi connectivity index (χ3v) is 6.39. The monoisotopic (exact) mass is 462 g/mol. The Labute approximate surface area is 187 Å². The van der Waals surface area contributed by atoms with Crippen LogP contribution in [0.1, 0.15) is 39.5 Å². The number of nitrogens with two attached hydrogens (primary N) is 1. The summed E-state index contributed by atoms with van der Waals surface area (Å²) in [5.74, 6) is -1.99. The van der Waals surface area contributed by atoms with Gasteiger partial charge in [-0.05, 0) is 37.2 Å². The van der Waals surface area contributed by atoms with Gasteiger partial charge in [0.1, 0.15) is 18.1 Å². The first-order chi connectivity index (χ1) is 14.2. The average molecular weight is 463 g/mol. The van der Waals surface area contributed by atoms with Crippen LogP contribution in [-0.4, -0.2) is 82.2 Å². The molecule has 0 radical (unpaired) electrons. The maximum atomic E-state index is 13.0. The van der Waals surface area contributed by atoms with Crippen molar-refractivity contribution in [3.8, 4) is 0 Å². The van der Waals surface area contributed by atoms with Crippen LogP contribution in [0.4, 0.5) is 0 Å². The van der Waals surface area contributed by atoms with Crippen LogP contribution in [0, 0.1) is 5.92 Å². The van der Waals surface area contributed by atoms with Crippen molar-refractivity contribution in [2.24, 2.45) is 11.7 Å². The van der Waals surface area contributed by atoms with E-state index in [1.165, 1.54) is 4.90 Å². The van der Waals surface area contributed by atoms with E-state index in [0.29, 0.717) is 32.2 Å². The van der Waals surface area contributed by atoms with Gasteiger partial charge in [-0.25, -0.2) is 4.79 Å². The number of nitrogens with zero attached hydrogens (tertiary/aromatic N) is 1. The van der Waals surface area contributed by atoms with E-state index in [9.17, 15) is 19.2 Å². The van der Waals surface area contributed by atoms with Crippen LogP contribution in [0.15, 0.2) is 0 Å². The summed E-state index contributed by atoms with van der Waals surface area (Å²) in [5, 5.41) is 14.3. The molecule has 0 aromatic carbocycles. The summed E-state index contributed by atoms with van der Waals surface area (Å²) in [6.45, 7) is 4.13. The summed E-state index contributed by atoms with van der Waals surface area (Å²) >= 11 is 5.55. The second kappa shape index (κ2) is 13.1. The van der Waals surface area contributed by atoms with Gasteiger partial charge in [-0.1, -0.05) is 20.3 Å². The Morgan fingerprint density at radius 3 is 2.50 bits per heavy atom. The van der Waals surface area contributed by atoms with Crippen LogP contribution < -0.4 is 16.4 Å². The van der Waals surface area contributed by atoms with Crippen LogP contribution in [-0.2, 0) is 19.2 Å². The number of rotatable bonds is 12. The highest BCUT2D eigenvalue weighted by Crippen LogP contribution is 2.20. The molecule has 0 aromatic rings. The van der Waals surface area contributed by atoms with Gasteiger partial charge in [0.25, 0.3) is 0 Å². The number of carbonyl (C=O) groups is 4. The Kier molecular flexibility index (Phi) is 11.6. The zero-order valence-corrected chi connectivity index (χ0v) is 19.5. The number of carboxylic acid groups (broad SMARTS) is 1. The molecular weight excluding hydrogens is 428 g/mol. The number of thioether (sulfide) groups is 1. The summed E-state index contributed by atoms with van der Waals surface area (Å²) < 4.78 is 0. The Morgan fingerprint density at radius 1 is 1.30 bits per heavy atom. The van der Waals surface area contributed by atoms with E-state index in [4.69, 9.17) is 10.8 Å². The molecule has 1 saturated heterocycles. The zero-order valence-electron chi connectivity index (χ0n) is 17.8. The molecule has 5 atom stereocenters. The minimum Gasteiger partial charge on any atom is -0.480 e. The normalized spacial score (nSPS) is 20.2. The molecule has 11 heteroatoms. The fourth-order valence-electron chi connectivity index (χ4n) is 3.28. The van der Waals surface area contributed by atoms with Gasteiger partial charge in [0, 0.05) is 12.3 Å². The van der Waals surface area contributed by atoms with E-state index < -0.39 is 42.0 Å². The lowest BCUT2D eigenvalue weighted by atomic mass is 9.97. The molecule has 1 heterocycles. The molecule has 9 nitrogen and oxygen atoms in total. The summed E-state index contributed by atoms with van der Waals surface area (Å²) in [6.07, 6.45) is 4.25. The maximum absolute atomic E-state index is 13.0. The van der Waals surface area contributed by atoms with Gasteiger partial charge >= 0.3 is 5.97 Å². The lowest BCUT2D eigenvalue weighted by Gasteiger charge is -2.30. The van der Waals surface area contributed by atoms with Crippen molar-refractivity contribution in [3.05, 3.63) is 0 Å². The standard InChI is InChI=1S/C19H34N4O5S2/c1-4-11(2)15(17(25)21-13(10-29)19(27)28)22-16(24)14-6-5-8-23(14)18(26)12(20)7-9-30-3/h11-15,29H,4-10,20H2,1-3H3,(H,21,25)(H,22,24)(H,27,28). The van der Waals surface area contributed by atoms with Gasteiger partial charge in [0.15, 0.2) is 0 Å². The van der Waals surface area contributed by atoms with Crippen molar-refractivity contribution in [1.29, 1.82) is 0 Å². The topological polar surface area (TPSA) is 142 Å². The number of hydrogen-bond acceptors (Lipinski definition) is 7. The number of amides is 3. The fraction of sp³-hybridized carbons (Fsp3) is 0.789. The second-order valence-corrected chi connectivity index (χ2v) is 8.88. The third-order valence-electron chi connectivity index (χ3n) is 5.38. The third kappa shape index (κ3) is 7.35. The molecule has 5 N–H and O–H groups in total. The number of nitrogens with one attached hydrogen (secondary N) is 2. The summed E-state index contributed by atoms with van der Waals surface area (Å²) in [5.41, 5.74) is 6.00. The van der Waals surface area contributed by atoms with Crippen LogP contribution in [0.5, 0.6) is 0 Å². The molecule has 5 unspecified atom stereocenters. The van der Waals surface area contributed by atoms with E-state index in [1.807, 2.05) is 13.2 Å². The van der Waals surface area contributed by atoms with E-state index in [-0.39, 0.29) is 17.6 Å². The van der Waals surface area contributed by atoms with E-state index in [2.05, 4.69) is 23.3 Å². The van der Waals surface area contributed by atoms with Gasteiger partial charge < -0.3 is 26.4 Å². The second-order valence-electron chi connectivity index (χ2n) is 7.53. The Hall–Kier alpha value is -1.46. The predicted molar refractivity (Wildman–Crippen MR) is 121 cm³/mol. The number of hydrogen-bond donors (Lipinski definition) is 5. The van der Waals surface area contributed by atoms with Crippen molar-refractivity contribution in [1.82, 2.24) is 15.5 Å². The quantitative estimate of drug-likeness (QED) is 0.259. The minimum atomic E-state index is -1.20. The van der Waals surface area contributed by atoms with Gasteiger partial charge in [0.05, 0.1) is 6.04 Å². The fourth-order valence-corrected chi connectivity index (χ4v) is 4.02. The largest absolute Gasteiger partial charge is 0.480 e. The number of thiol groups is 1. The molecule has 0 saturated carbocycles. The predicted octanol–water partition coefficient (Wildman–Crippen LogP) is 0.0879. The van der Waals surface area contributed by atoms with Gasteiger partial charge in [-0.2, -0.15) is 24.4 Å². The highest BCUT2D eigenvalue weighted by molar-refractivity contribution is 7.98. The van der Waals surface area contributed by atoms with Crippen molar-refractivity contribution >= 4 is 48.1 Å². The van der Waals surface area contributed by atoms with Gasteiger partial charge in [-0.3, -0.25) is 14.4 Å². The Bertz CT molecular complexity index is 622. The van der Waals surface area contributed by atoms with Crippen LogP contribution >= 0.6 is 24.4 Å².